The Balaban J connectivity index is 1.64. The number of carbonyl (C=O) groups is 1. The van der Waals surface area contributed by atoms with Crippen molar-refractivity contribution in [3.8, 4) is 5.75 Å². The fourth-order valence-electron chi connectivity index (χ4n) is 2.91. The maximum Gasteiger partial charge on any atom is 0.238 e. The number of rotatable bonds is 6. The molecule has 6 heteroatoms. The number of methoxy groups -OCH3 is 1. The first-order valence-electron chi connectivity index (χ1n) is 8.45. The van der Waals surface area contributed by atoms with Crippen molar-refractivity contribution in [3.63, 3.8) is 0 Å². The number of benzene rings is 3. The van der Waals surface area contributed by atoms with E-state index >= 15 is 0 Å². The highest BCUT2D eigenvalue weighted by molar-refractivity contribution is 5.92. The van der Waals surface area contributed by atoms with Crippen molar-refractivity contribution in [2.75, 3.05) is 26.0 Å². The SMILES string of the molecule is COc1ccc2cc(CN(C)CC(=O)Nc3c(F)cccc3F)ccc2c1. The molecule has 27 heavy (non-hydrogen) atoms. The zero-order chi connectivity index (χ0) is 19.4. The maximum absolute atomic E-state index is 13.6. The number of likely N-dealkylation sites (N-methyl/N-ethyl adjacent to an activating group) is 1. The minimum atomic E-state index is -0.795. The van der Waals surface area contributed by atoms with Gasteiger partial charge in [-0.2, -0.15) is 0 Å². The fraction of sp³-hybridized carbons (Fsp3) is 0.190. The Kier molecular flexibility index (Phi) is 5.66. The summed E-state index contributed by atoms with van der Waals surface area (Å²) < 4.78 is 32.5. The molecule has 3 rings (SSSR count). The van der Waals surface area contributed by atoms with Gasteiger partial charge in [0.1, 0.15) is 23.1 Å². The van der Waals surface area contributed by atoms with Crippen molar-refractivity contribution >= 4 is 22.4 Å². The van der Waals surface area contributed by atoms with E-state index in [-0.39, 0.29) is 6.54 Å². The van der Waals surface area contributed by atoms with Gasteiger partial charge in [0.25, 0.3) is 0 Å². The van der Waals surface area contributed by atoms with E-state index in [9.17, 15) is 13.6 Å². The summed E-state index contributed by atoms with van der Waals surface area (Å²) in [5.74, 6) is -1.27. The first-order chi connectivity index (χ1) is 13.0. The molecule has 1 amide bonds. The summed E-state index contributed by atoms with van der Waals surface area (Å²) in [5.41, 5.74) is 0.607. The lowest BCUT2D eigenvalue weighted by Gasteiger charge is -2.17. The Bertz CT molecular complexity index is 955. The molecule has 0 aliphatic carbocycles. The molecule has 0 radical (unpaired) electrons. The monoisotopic (exact) mass is 370 g/mol. The third-order valence-electron chi connectivity index (χ3n) is 4.21. The Morgan fingerprint density at radius 1 is 1.04 bits per heavy atom. The Labute approximate surface area is 156 Å². The number of nitrogens with zero attached hydrogens (tertiary/aromatic N) is 1. The second kappa shape index (κ2) is 8.14. The second-order valence-corrected chi connectivity index (χ2v) is 6.36. The van der Waals surface area contributed by atoms with Gasteiger partial charge in [-0.25, -0.2) is 8.78 Å². The van der Waals surface area contributed by atoms with E-state index < -0.39 is 23.2 Å². The predicted molar refractivity (Wildman–Crippen MR) is 102 cm³/mol. The van der Waals surface area contributed by atoms with Crippen LogP contribution in [0.15, 0.2) is 54.6 Å². The summed E-state index contributed by atoms with van der Waals surface area (Å²) in [6.07, 6.45) is 0. The summed E-state index contributed by atoms with van der Waals surface area (Å²) in [5, 5.41) is 4.43. The number of fused-ring (bicyclic) bond motifs is 1. The number of anilines is 1. The van der Waals surface area contributed by atoms with Crippen LogP contribution in [0.1, 0.15) is 5.56 Å². The predicted octanol–water partition coefficient (Wildman–Crippen LogP) is 4.20. The van der Waals surface area contributed by atoms with Gasteiger partial charge in [-0.15, -0.1) is 0 Å². The number of para-hydroxylation sites is 1. The number of halogens is 2. The van der Waals surface area contributed by atoms with E-state index in [4.69, 9.17) is 4.74 Å². The smallest absolute Gasteiger partial charge is 0.238 e. The average Bonchev–Trinajstić information content (AvgIpc) is 2.64. The zero-order valence-electron chi connectivity index (χ0n) is 15.1. The van der Waals surface area contributed by atoms with Gasteiger partial charge < -0.3 is 10.1 Å². The van der Waals surface area contributed by atoms with Gasteiger partial charge in [0.15, 0.2) is 0 Å². The molecule has 0 spiro atoms. The zero-order valence-corrected chi connectivity index (χ0v) is 15.1. The number of nitrogens with one attached hydrogen (secondary N) is 1. The molecule has 0 aliphatic rings. The molecule has 0 aliphatic heterocycles. The lowest BCUT2D eigenvalue weighted by Crippen LogP contribution is -2.30. The molecule has 0 fully saturated rings. The van der Waals surface area contributed by atoms with E-state index in [2.05, 4.69) is 5.32 Å². The van der Waals surface area contributed by atoms with E-state index in [1.54, 1.807) is 19.1 Å². The average molecular weight is 370 g/mol. The lowest BCUT2D eigenvalue weighted by atomic mass is 10.1. The topological polar surface area (TPSA) is 41.6 Å². The van der Waals surface area contributed by atoms with Crippen molar-refractivity contribution in [1.29, 1.82) is 0 Å². The Morgan fingerprint density at radius 2 is 1.70 bits per heavy atom. The minimum absolute atomic E-state index is 0.00836. The summed E-state index contributed by atoms with van der Waals surface area (Å²) >= 11 is 0. The third-order valence-corrected chi connectivity index (χ3v) is 4.21. The number of carbonyl (C=O) groups excluding carboxylic acids is 1. The van der Waals surface area contributed by atoms with Crippen LogP contribution in [0.4, 0.5) is 14.5 Å². The molecular weight excluding hydrogens is 350 g/mol. The van der Waals surface area contributed by atoms with Crippen LogP contribution in [0.2, 0.25) is 0 Å². The van der Waals surface area contributed by atoms with Crippen LogP contribution in [0.5, 0.6) is 5.75 Å². The van der Waals surface area contributed by atoms with Crippen molar-refractivity contribution in [2.24, 2.45) is 0 Å². The molecule has 4 nitrogen and oxygen atoms in total. The first-order valence-corrected chi connectivity index (χ1v) is 8.45. The molecule has 0 saturated heterocycles. The van der Waals surface area contributed by atoms with Crippen molar-refractivity contribution in [3.05, 3.63) is 71.8 Å². The first kappa shape index (κ1) is 18.8. The molecular formula is C21H20F2N2O2. The minimum Gasteiger partial charge on any atom is -0.497 e. The van der Waals surface area contributed by atoms with Gasteiger partial charge in [0.2, 0.25) is 5.91 Å². The Hall–Kier alpha value is -2.99. The molecule has 3 aromatic carbocycles. The molecule has 1 N–H and O–H groups in total. The Morgan fingerprint density at radius 3 is 2.41 bits per heavy atom. The summed E-state index contributed by atoms with van der Waals surface area (Å²) in [4.78, 5) is 13.9. The van der Waals surface area contributed by atoms with E-state index in [0.717, 1.165) is 34.2 Å². The molecule has 0 heterocycles. The number of amides is 1. The number of ether oxygens (including phenoxy) is 1. The second-order valence-electron chi connectivity index (χ2n) is 6.36. The van der Waals surface area contributed by atoms with Crippen LogP contribution in [0.25, 0.3) is 10.8 Å². The molecule has 3 aromatic rings. The number of hydrogen-bond donors (Lipinski definition) is 1. The molecule has 0 saturated carbocycles. The number of hydrogen-bond acceptors (Lipinski definition) is 3. The standard InChI is InChI=1S/C21H20F2N2O2/c1-25(13-20(26)24-21-18(22)4-3-5-19(21)23)12-14-6-7-16-11-17(27-2)9-8-15(16)10-14/h3-11H,12-13H2,1-2H3,(H,24,26). The highest BCUT2D eigenvalue weighted by Crippen LogP contribution is 2.22. The van der Waals surface area contributed by atoms with E-state index in [0.29, 0.717) is 6.54 Å². The highest BCUT2D eigenvalue weighted by atomic mass is 19.1. The van der Waals surface area contributed by atoms with Gasteiger partial charge >= 0.3 is 0 Å². The van der Waals surface area contributed by atoms with Crippen LogP contribution >= 0.6 is 0 Å². The van der Waals surface area contributed by atoms with Gasteiger partial charge in [0.05, 0.1) is 13.7 Å². The van der Waals surface area contributed by atoms with Crippen LogP contribution in [0.3, 0.4) is 0 Å². The quantitative estimate of drug-likeness (QED) is 0.707. The summed E-state index contributed by atoms with van der Waals surface area (Å²) in [6.45, 7) is 0.531. The van der Waals surface area contributed by atoms with E-state index in [1.807, 2.05) is 36.4 Å². The summed E-state index contributed by atoms with van der Waals surface area (Å²) in [7, 11) is 3.40. The molecule has 140 valence electrons. The molecule has 0 bridgehead atoms. The van der Waals surface area contributed by atoms with Crippen LogP contribution in [0, 0.1) is 11.6 Å². The van der Waals surface area contributed by atoms with Crippen LogP contribution in [-0.4, -0.2) is 31.5 Å². The van der Waals surface area contributed by atoms with Gasteiger partial charge in [-0.05, 0) is 53.7 Å². The largest absolute Gasteiger partial charge is 0.497 e. The van der Waals surface area contributed by atoms with Gasteiger partial charge in [-0.1, -0.05) is 24.3 Å². The molecule has 0 atom stereocenters. The molecule has 0 aromatic heterocycles. The maximum atomic E-state index is 13.6. The van der Waals surface area contributed by atoms with Crippen molar-refractivity contribution < 1.29 is 18.3 Å². The van der Waals surface area contributed by atoms with Gasteiger partial charge in [0, 0.05) is 6.54 Å². The van der Waals surface area contributed by atoms with Crippen LogP contribution < -0.4 is 10.1 Å². The van der Waals surface area contributed by atoms with Crippen molar-refractivity contribution in [2.45, 2.75) is 6.54 Å². The highest BCUT2D eigenvalue weighted by Gasteiger charge is 2.13. The lowest BCUT2D eigenvalue weighted by molar-refractivity contribution is -0.117. The van der Waals surface area contributed by atoms with E-state index in [1.165, 1.54) is 6.07 Å². The third kappa shape index (κ3) is 4.60. The van der Waals surface area contributed by atoms with Crippen LogP contribution in [-0.2, 0) is 11.3 Å². The fourth-order valence-corrected chi connectivity index (χ4v) is 2.91. The van der Waals surface area contributed by atoms with Crippen molar-refractivity contribution in [1.82, 2.24) is 4.90 Å². The normalized spacial score (nSPS) is 11.0. The van der Waals surface area contributed by atoms with Gasteiger partial charge in [-0.3, -0.25) is 9.69 Å². The molecule has 0 unspecified atom stereocenters. The summed E-state index contributed by atoms with van der Waals surface area (Å²) in [6, 6.07) is 15.3.